The van der Waals surface area contributed by atoms with Gasteiger partial charge in [-0.3, -0.25) is 0 Å². The Labute approximate surface area is 84.8 Å². The van der Waals surface area contributed by atoms with Gasteiger partial charge in [-0.25, -0.2) is 0 Å². The van der Waals surface area contributed by atoms with Crippen molar-refractivity contribution in [2.75, 3.05) is 0 Å². The SMILES string of the molecule is O[C@@H]1c2ccccc2C[C@H]2CCC[C@H]21. The van der Waals surface area contributed by atoms with Crippen LogP contribution in [0.15, 0.2) is 24.3 Å². The zero-order valence-electron chi connectivity index (χ0n) is 8.32. The Hall–Kier alpha value is -0.820. The van der Waals surface area contributed by atoms with E-state index in [0.29, 0.717) is 5.92 Å². The third-order valence-electron chi connectivity index (χ3n) is 3.98. The lowest BCUT2D eigenvalue weighted by Crippen LogP contribution is -2.25. The van der Waals surface area contributed by atoms with Crippen molar-refractivity contribution >= 4 is 0 Å². The van der Waals surface area contributed by atoms with Crippen molar-refractivity contribution < 1.29 is 5.11 Å². The first-order valence-corrected chi connectivity index (χ1v) is 5.62. The summed E-state index contributed by atoms with van der Waals surface area (Å²) in [6.45, 7) is 0. The first kappa shape index (κ1) is 8.49. The van der Waals surface area contributed by atoms with Gasteiger partial charge in [0.05, 0.1) is 6.10 Å². The van der Waals surface area contributed by atoms with E-state index in [2.05, 4.69) is 18.2 Å². The van der Waals surface area contributed by atoms with Gasteiger partial charge < -0.3 is 5.11 Å². The quantitative estimate of drug-likeness (QED) is 0.663. The van der Waals surface area contributed by atoms with Gasteiger partial charge in [0.15, 0.2) is 0 Å². The van der Waals surface area contributed by atoms with E-state index >= 15 is 0 Å². The summed E-state index contributed by atoms with van der Waals surface area (Å²) in [7, 11) is 0. The molecule has 0 spiro atoms. The summed E-state index contributed by atoms with van der Waals surface area (Å²) in [5, 5.41) is 10.2. The van der Waals surface area contributed by atoms with Crippen molar-refractivity contribution in [1.82, 2.24) is 0 Å². The summed E-state index contributed by atoms with van der Waals surface area (Å²) in [6, 6.07) is 8.39. The van der Waals surface area contributed by atoms with Gasteiger partial charge in [0.25, 0.3) is 0 Å². The van der Waals surface area contributed by atoms with Crippen LogP contribution in [-0.4, -0.2) is 5.11 Å². The Bertz CT molecular complexity index is 345. The number of aliphatic hydroxyl groups is 1. The van der Waals surface area contributed by atoms with Crippen LogP contribution in [0.25, 0.3) is 0 Å². The minimum absolute atomic E-state index is 0.188. The van der Waals surface area contributed by atoms with Gasteiger partial charge in [-0.05, 0) is 42.2 Å². The Morgan fingerprint density at radius 3 is 2.93 bits per heavy atom. The van der Waals surface area contributed by atoms with Gasteiger partial charge in [-0.2, -0.15) is 0 Å². The minimum Gasteiger partial charge on any atom is -0.388 e. The zero-order valence-corrected chi connectivity index (χ0v) is 8.32. The van der Waals surface area contributed by atoms with Gasteiger partial charge in [0, 0.05) is 0 Å². The van der Waals surface area contributed by atoms with Crippen LogP contribution in [0, 0.1) is 11.8 Å². The lowest BCUT2D eigenvalue weighted by molar-refractivity contribution is 0.0742. The molecule has 0 aromatic heterocycles. The van der Waals surface area contributed by atoms with E-state index in [1.165, 1.54) is 36.8 Å². The summed E-state index contributed by atoms with van der Waals surface area (Å²) in [5.41, 5.74) is 2.57. The van der Waals surface area contributed by atoms with Crippen molar-refractivity contribution in [3.05, 3.63) is 35.4 Å². The van der Waals surface area contributed by atoms with Crippen LogP contribution in [0.1, 0.15) is 36.5 Å². The van der Waals surface area contributed by atoms with Crippen molar-refractivity contribution in [2.24, 2.45) is 11.8 Å². The summed E-state index contributed by atoms with van der Waals surface area (Å²) in [5.74, 6) is 1.30. The monoisotopic (exact) mass is 188 g/mol. The molecule has 0 saturated heterocycles. The molecule has 0 radical (unpaired) electrons. The molecule has 1 fully saturated rings. The fraction of sp³-hybridized carbons (Fsp3) is 0.538. The van der Waals surface area contributed by atoms with Gasteiger partial charge in [-0.1, -0.05) is 30.7 Å². The second-order valence-electron chi connectivity index (χ2n) is 4.70. The highest BCUT2D eigenvalue weighted by Crippen LogP contribution is 2.46. The number of hydrogen-bond acceptors (Lipinski definition) is 1. The summed E-state index contributed by atoms with van der Waals surface area (Å²) in [6.07, 6.45) is 4.85. The molecular weight excluding hydrogens is 172 g/mol. The first-order chi connectivity index (χ1) is 6.86. The number of fused-ring (bicyclic) bond motifs is 2. The van der Waals surface area contributed by atoms with Gasteiger partial charge >= 0.3 is 0 Å². The van der Waals surface area contributed by atoms with E-state index in [1.807, 2.05) is 6.07 Å². The van der Waals surface area contributed by atoms with Crippen LogP contribution >= 0.6 is 0 Å². The predicted molar refractivity (Wildman–Crippen MR) is 55.9 cm³/mol. The van der Waals surface area contributed by atoms with Crippen molar-refractivity contribution in [1.29, 1.82) is 0 Å². The molecule has 2 aliphatic carbocycles. The van der Waals surface area contributed by atoms with Crippen LogP contribution in [-0.2, 0) is 6.42 Å². The van der Waals surface area contributed by atoms with Crippen molar-refractivity contribution in [3.8, 4) is 0 Å². The van der Waals surface area contributed by atoms with Crippen LogP contribution in [0.4, 0.5) is 0 Å². The predicted octanol–water partition coefficient (Wildman–Crippen LogP) is 2.69. The molecule has 1 aromatic carbocycles. The summed E-state index contributed by atoms with van der Waals surface area (Å²) in [4.78, 5) is 0. The van der Waals surface area contributed by atoms with Gasteiger partial charge in [-0.15, -0.1) is 0 Å². The Balaban J connectivity index is 2.04. The highest BCUT2D eigenvalue weighted by atomic mass is 16.3. The van der Waals surface area contributed by atoms with E-state index in [4.69, 9.17) is 0 Å². The fourth-order valence-electron chi connectivity index (χ4n) is 3.26. The molecular formula is C13H16O. The van der Waals surface area contributed by atoms with Crippen LogP contribution in [0.3, 0.4) is 0 Å². The molecule has 0 aliphatic heterocycles. The molecule has 74 valence electrons. The molecule has 2 aliphatic rings. The molecule has 1 aromatic rings. The largest absolute Gasteiger partial charge is 0.388 e. The molecule has 1 saturated carbocycles. The van der Waals surface area contributed by atoms with Gasteiger partial charge in [0.2, 0.25) is 0 Å². The highest BCUT2D eigenvalue weighted by Gasteiger charge is 2.38. The average Bonchev–Trinajstić information content (AvgIpc) is 2.66. The van der Waals surface area contributed by atoms with Crippen LogP contribution in [0.2, 0.25) is 0 Å². The number of aliphatic hydroxyl groups excluding tert-OH is 1. The normalized spacial score (nSPS) is 35.1. The second kappa shape index (κ2) is 3.09. The second-order valence-corrected chi connectivity index (χ2v) is 4.70. The maximum atomic E-state index is 10.2. The molecule has 1 nitrogen and oxygen atoms in total. The topological polar surface area (TPSA) is 20.2 Å². The minimum atomic E-state index is -0.188. The van der Waals surface area contributed by atoms with E-state index in [-0.39, 0.29) is 6.10 Å². The molecule has 1 N–H and O–H groups in total. The third-order valence-corrected chi connectivity index (χ3v) is 3.98. The molecule has 3 rings (SSSR count). The molecule has 0 heterocycles. The van der Waals surface area contributed by atoms with E-state index in [0.717, 1.165) is 5.92 Å². The Morgan fingerprint density at radius 2 is 2.00 bits per heavy atom. The van der Waals surface area contributed by atoms with Crippen molar-refractivity contribution in [2.45, 2.75) is 31.8 Å². The van der Waals surface area contributed by atoms with E-state index < -0.39 is 0 Å². The maximum absolute atomic E-state index is 10.2. The number of hydrogen-bond donors (Lipinski definition) is 1. The molecule has 0 unspecified atom stereocenters. The Kier molecular flexibility index (Phi) is 1.88. The molecule has 0 bridgehead atoms. The lowest BCUT2D eigenvalue weighted by atomic mass is 9.76. The van der Waals surface area contributed by atoms with E-state index in [9.17, 15) is 5.11 Å². The standard InChI is InChI=1S/C13H16O/c14-13-11-6-2-1-4-9(11)8-10-5-3-7-12(10)13/h1-2,4,6,10,12-14H,3,5,7-8H2/t10-,12-,13-/m1/s1. The van der Waals surface area contributed by atoms with Crippen LogP contribution in [0.5, 0.6) is 0 Å². The van der Waals surface area contributed by atoms with Crippen LogP contribution < -0.4 is 0 Å². The van der Waals surface area contributed by atoms with E-state index in [1.54, 1.807) is 0 Å². The smallest absolute Gasteiger partial charge is 0.0823 e. The fourth-order valence-corrected chi connectivity index (χ4v) is 3.26. The third kappa shape index (κ3) is 1.12. The maximum Gasteiger partial charge on any atom is 0.0823 e. The summed E-state index contributed by atoms with van der Waals surface area (Å²) < 4.78 is 0. The van der Waals surface area contributed by atoms with Crippen molar-refractivity contribution in [3.63, 3.8) is 0 Å². The highest BCUT2D eigenvalue weighted by molar-refractivity contribution is 5.33. The average molecular weight is 188 g/mol. The van der Waals surface area contributed by atoms with Gasteiger partial charge in [0.1, 0.15) is 0 Å². The Morgan fingerprint density at radius 1 is 1.14 bits per heavy atom. The molecule has 1 heteroatoms. The lowest BCUT2D eigenvalue weighted by Gasteiger charge is -2.32. The number of benzene rings is 1. The molecule has 3 atom stereocenters. The molecule has 0 amide bonds. The zero-order chi connectivity index (χ0) is 9.54. The summed E-state index contributed by atoms with van der Waals surface area (Å²) >= 11 is 0. The number of rotatable bonds is 0. The first-order valence-electron chi connectivity index (χ1n) is 5.62. The molecule has 14 heavy (non-hydrogen) atoms.